The number of piperazine rings is 1. The van der Waals surface area contributed by atoms with Crippen molar-refractivity contribution in [3.8, 4) is 5.75 Å². The van der Waals surface area contributed by atoms with Crippen LogP contribution in [-0.4, -0.2) is 59.7 Å². The third-order valence-electron chi connectivity index (χ3n) is 4.95. The number of carboxylic acids is 1. The minimum atomic E-state index is -1.02. The molecule has 8 heteroatoms. The van der Waals surface area contributed by atoms with Crippen LogP contribution in [0.5, 0.6) is 5.75 Å². The lowest BCUT2D eigenvalue weighted by Gasteiger charge is -2.37. The van der Waals surface area contributed by atoms with E-state index in [2.05, 4.69) is 10.2 Å². The average molecular weight is 401 g/mol. The summed E-state index contributed by atoms with van der Waals surface area (Å²) in [7, 11) is 0. The predicted molar refractivity (Wildman–Crippen MR) is 108 cm³/mol. The van der Waals surface area contributed by atoms with Crippen molar-refractivity contribution in [2.24, 2.45) is 5.92 Å². The van der Waals surface area contributed by atoms with Gasteiger partial charge in [-0.1, -0.05) is 6.07 Å². The highest BCUT2D eigenvalue weighted by molar-refractivity contribution is 5.93. The Balaban J connectivity index is 1.51. The summed E-state index contributed by atoms with van der Waals surface area (Å²) >= 11 is 0. The van der Waals surface area contributed by atoms with Crippen molar-refractivity contribution < 1.29 is 24.2 Å². The molecule has 29 heavy (non-hydrogen) atoms. The lowest BCUT2D eigenvalue weighted by atomic mass is 10.0. The van der Waals surface area contributed by atoms with Crippen molar-refractivity contribution in [1.29, 1.82) is 0 Å². The van der Waals surface area contributed by atoms with Crippen LogP contribution in [0.1, 0.15) is 6.42 Å². The van der Waals surface area contributed by atoms with E-state index >= 15 is 0 Å². The zero-order valence-electron chi connectivity index (χ0n) is 15.9. The number of phenols is 1. The van der Waals surface area contributed by atoms with Crippen molar-refractivity contribution in [2.45, 2.75) is 6.42 Å². The number of carbonyl (C=O) groups is 2. The fraction of sp³-hybridized carbons (Fsp3) is 0.333. The summed E-state index contributed by atoms with van der Waals surface area (Å²) in [5, 5.41) is 21.6. The largest absolute Gasteiger partial charge is 0.508 e. The van der Waals surface area contributed by atoms with Gasteiger partial charge in [-0.2, -0.15) is 0 Å². The van der Waals surface area contributed by atoms with Crippen molar-refractivity contribution in [1.82, 2.24) is 4.90 Å². The van der Waals surface area contributed by atoms with Crippen LogP contribution in [0.15, 0.2) is 48.5 Å². The molecule has 1 heterocycles. The summed E-state index contributed by atoms with van der Waals surface area (Å²) in [6.07, 6.45) is -0.150. The van der Waals surface area contributed by atoms with E-state index in [-0.39, 0.29) is 24.5 Å². The Morgan fingerprint density at radius 3 is 2.38 bits per heavy atom. The quantitative estimate of drug-likeness (QED) is 0.660. The molecule has 1 atom stereocenters. The van der Waals surface area contributed by atoms with Crippen molar-refractivity contribution >= 4 is 23.3 Å². The van der Waals surface area contributed by atoms with Crippen molar-refractivity contribution in [2.75, 3.05) is 42.9 Å². The summed E-state index contributed by atoms with van der Waals surface area (Å²) in [5.41, 5.74) is 1.36. The SMILES string of the molecule is O=C(C[C@H](CN1CCN(c2ccc(F)cc2)CC1)C(=O)O)Nc1cccc(O)c1. The molecule has 0 aromatic heterocycles. The maximum atomic E-state index is 13.1. The van der Waals surface area contributed by atoms with Crippen molar-refractivity contribution in [3.05, 3.63) is 54.3 Å². The molecule has 1 aliphatic heterocycles. The highest BCUT2D eigenvalue weighted by atomic mass is 19.1. The Hall–Kier alpha value is -3.13. The first-order valence-corrected chi connectivity index (χ1v) is 9.45. The molecule has 0 bridgehead atoms. The number of amides is 1. The lowest BCUT2D eigenvalue weighted by Crippen LogP contribution is -2.48. The van der Waals surface area contributed by atoms with E-state index in [9.17, 15) is 24.2 Å². The summed E-state index contributed by atoms with van der Waals surface area (Å²) in [6, 6.07) is 12.4. The van der Waals surface area contributed by atoms with Gasteiger partial charge >= 0.3 is 5.97 Å². The number of hydrogen-bond acceptors (Lipinski definition) is 5. The normalized spacial score (nSPS) is 15.7. The number of carboxylic acid groups (broad SMARTS) is 1. The monoisotopic (exact) mass is 401 g/mol. The molecule has 1 aliphatic rings. The smallest absolute Gasteiger partial charge is 0.308 e. The van der Waals surface area contributed by atoms with E-state index in [1.807, 2.05) is 4.90 Å². The number of aliphatic carboxylic acids is 1. The lowest BCUT2D eigenvalue weighted by molar-refractivity contribution is -0.144. The first-order chi connectivity index (χ1) is 13.9. The number of hydrogen-bond donors (Lipinski definition) is 3. The zero-order chi connectivity index (χ0) is 20.8. The molecule has 154 valence electrons. The Kier molecular flexibility index (Phi) is 6.66. The third kappa shape index (κ3) is 5.92. The number of nitrogens with zero attached hydrogens (tertiary/aromatic N) is 2. The number of halogens is 1. The maximum Gasteiger partial charge on any atom is 0.308 e. The van der Waals surface area contributed by atoms with Crippen LogP contribution in [0.25, 0.3) is 0 Å². The molecule has 2 aromatic rings. The van der Waals surface area contributed by atoms with Gasteiger partial charge in [0.05, 0.1) is 5.92 Å². The highest BCUT2D eigenvalue weighted by Gasteiger charge is 2.26. The van der Waals surface area contributed by atoms with E-state index in [4.69, 9.17) is 0 Å². The van der Waals surface area contributed by atoms with Crippen LogP contribution in [0.4, 0.5) is 15.8 Å². The Morgan fingerprint density at radius 1 is 1.07 bits per heavy atom. The molecule has 1 amide bonds. The zero-order valence-corrected chi connectivity index (χ0v) is 15.9. The second kappa shape index (κ2) is 9.38. The van der Waals surface area contributed by atoms with Crippen LogP contribution >= 0.6 is 0 Å². The van der Waals surface area contributed by atoms with Crippen LogP contribution in [0, 0.1) is 11.7 Å². The Morgan fingerprint density at radius 2 is 1.76 bits per heavy atom. The highest BCUT2D eigenvalue weighted by Crippen LogP contribution is 2.19. The van der Waals surface area contributed by atoms with Crippen LogP contribution in [0.2, 0.25) is 0 Å². The summed E-state index contributed by atoms with van der Waals surface area (Å²) in [4.78, 5) is 28.0. The van der Waals surface area contributed by atoms with E-state index in [1.54, 1.807) is 24.3 Å². The first-order valence-electron chi connectivity index (χ1n) is 9.45. The van der Waals surface area contributed by atoms with Gasteiger partial charge in [-0.15, -0.1) is 0 Å². The molecule has 0 aliphatic carbocycles. The molecule has 1 saturated heterocycles. The van der Waals surface area contributed by atoms with E-state index in [0.717, 1.165) is 5.69 Å². The number of benzene rings is 2. The number of aromatic hydroxyl groups is 1. The molecule has 0 radical (unpaired) electrons. The van der Waals surface area contributed by atoms with Gasteiger partial charge in [0.2, 0.25) is 5.91 Å². The molecule has 2 aromatic carbocycles. The number of carbonyl (C=O) groups excluding carboxylic acids is 1. The second-order valence-electron chi connectivity index (χ2n) is 7.10. The van der Waals surface area contributed by atoms with Gasteiger partial charge in [-0.05, 0) is 36.4 Å². The minimum absolute atomic E-state index is 0.0246. The van der Waals surface area contributed by atoms with Gasteiger partial charge in [0.15, 0.2) is 0 Å². The van der Waals surface area contributed by atoms with Gasteiger partial charge in [0, 0.05) is 56.6 Å². The molecule has 3 N–H and O–H groups in total. The minimum Gasteiger partial charge on any atom is -0.508 e. The summed E-state index contributed by atoms with van der Waals surface area (Å²) < 4.78 is 13.1. The fourth-order valence-electron chi connectivity index (χ4n) is 3.40. The first kappa shape index (κ1) is 20.6. The van der Waals surface area contributed by atoms with Gasteiger partial charge in [-0.25, -0.2) is 4.39 Å². The van der Waals surface area contributed by atoms with Crippen LogP contribution in [-0.2, 0) is 9.59 Å². The third-order valence-corrected chi connectivity index (χ3v) is 4.95. The fourth-order valence-corrected chi connectivity index (χ4v) is 3.40. The topological polar surface area (TPSA) is 93.1 Å². The molecule has 0 unspecified atom stereocenters. The Bertz CT molecular complexity index is 851. The second-order valence-corrected chi connectivity index (χ2v) is 7.10. The predicted octanol–water partition coefficient (Wildman–Crippen LogP) is 2.38. The maximum absolute atomic E-state index is 13.1. The number of nitrogens with one attached hydrogen (secondary N) is 1. The van der Waals surface area contributed by atoms with Gasteiger partial charge in [-0.3, -0.25) is 14.5 Å². The standard InChI is InChI=1S/C21H24FN3O4/c22-16-4-6-18(7-5-16)25-10-8-24(9-11-25)14-15(21(28)29)12-20(27)23-17-2-1-3-19(26)13-17/h1-7,13,15,26H,8-12,14H2,(H,23,27)(H,28,29)/t15-/m1/s1. The molecule has 0 spiro atoms. The van der Waals surface area contributed by atoms with E-state index in [1.165, 1.54) is 24.3 Å². The van der Waals surface area contributed by atoms with Gasteiger partial charge in [0.25, 0.3) is 0 Å². The molecular weight excluding hydrogens is 377 g/mol. The van der Waals surface area contributed by atoms with Gasteiger partial charge < -0.3 is 20.4 Å². The van der Waals surface area contributed by atoms with E-state index in [0.29, 0.717) is 31.9 Å². The number of phenolic OH excluding ortho intramolecular Hbond substituents is 1. The van der Waals surface area contributed by atoms with Gasteiger partial charge in [0.1, 0.15) is 11.6 Å². The molecular formula is C21H24FN3O4. The molecule has 3 rings (SSSR count). The summed E-state index contributed by atoms with van der Waals surface area (Å²) in [5.74, 6) is -2.51. The van der Waals surface area contributed by atoms with Crippen molar-refractivity contribution in [3.63, 3.8) is 0 Å². The Labute approximate surface area is 168 Å². The molecule has 1 fully saturated rings. The summed E-state index contributed by atoms with van der Waals surface area (Å²) in [6.45, 7) is 3.01. The van der Waals surface area contributed by atoms with Crippen LogP contribution < -0.4 is 10.2 Å². The molecule has 0 saturated carbocycles. The average Bonchev–Trinajstić information content (AvgIpc) is 2.68. The van der Waals surface area contributed by atoms with Crippen LogP contribution in [0.3, 0.4) is 0 Å². The van der Waals surface area contributed by atoms with E-state index < -0.39 is 17.8 Å². The number of anilines is 2. The molecule has 7 nitrogen and oxygen atoms in total. The number of rotatable bonds is 7.